The minimum atomic E-state index is -0.333. The van der Waals surface area contributed by atoms with E-state index in [2.05, 4.69) is 15.4 Å². The first-order chi connectivity index (χ1) is 12.6. The maximum atomic E-state index is 12.4. The molecule has 2 amide bonds. The van der Waals surface area contributed by atoms with E-state index in [4.69, 9.17) is 4.74 Å². The molecule has 2 heterocycles. The third-order valence-electron chi connectivity index (χ3n) is 4.27. The Morgan fingerprint density at radius 1 is 1.12 bits per heavy atom. The lowest BCUT2D eigenvalue weighted by molar-refractivity contribution is -0.133. The number of hydrogen-bond donors (Lipinski definition) is 0. The molecule has 9 nitrogen and oxygen atoms in total. The zero-order valence-electron chi connectivity index (χ0n) is 15.0. The summed E-state index contributed by atoms with van der Waals surface area (Å²) in [7, 11) is 0. The van der Waals surface area contributed by atoms with Crippen molar-refractivity contribution in [3.63, 3.8) is 0 Å². The molecule has 0 aliphatic carbocycles. The van der Waals surface area contributed by atoms with Crippen LogP contribution < -0.4 is 0 Å². The zero-order chi connectivity index (χ0) is 18.5. The average molecular weight is 358 g/mol. The molecule has 1 aromatic carbocycles. The SMILES string of the molecule is CCOC(=O)N1CCN(C(=O)Cn2nnc(-c3ccccc3C)n2)CC1. The van der Waals surface area contributed by atoms with Crippen molar-refractivity contribution in [1.82, 2.24) is 30.0 Å². The fraction of sp³-hybridized carbons (Fsp3) is 0.471. The molecule has 2 aromatic rings. The highest BCUT2D eigenvalue weighted by molar-refractivity contribution is 5.76. The monoisotopic (exact) mass is 358 g/mol. The van der Waals surface area contributed by atoms with Crippen LogP contribution in [0.2, 0.25) is 0 Å². The number of ether oxygens (including phenoxy) is 1. The smallest absolute Gasteiger partial charge is 0.409 e. The molecule has 1 saturated heterocycles. The molecule has 0 atom stereocenters. The Morgan fingerprint density at radius 2 is 1.81 bits per heavy atom. The molecule has 0 unspecified atom stereocenters. The van der Waals surface area contributed by atoms with E-state index in [0.29, 0.717) is 38.6 Å². The second-order valence-electron chi connectivity index (χ2n) is 6.03. The highest BCUT2D eigenvalue weighted by Crippen LogP contribution is 2.17. The van der Waals surface area contributed by atoms with Crippen LogP contribution in [-0.2, 0) is 16.1 Å². The fourth-order valence-corrected chi connectivity index (χ4v) is 2.82. The predicted molar refractivity (Wildman–Crippen MR) is 93.2 cm³/mol. The highest BCUT2D eigenvalue weighted by Gasteiger charge is 2.25. The van der Waals surface area contributed by atoms with Crippen LogP contribution >= 0.6 is 0 Å². The lowest BCUT2D eigenvalue weighted by atomic mass is 10.1. The van der Waals surface area contributed by atoms with Gasteiger partial charge in [0.25, 0.3) is 0 Å². The lowest BCUT2D eigenvalue weighted by Gasteiger charge is -2.33. The molecule has 1 aromatic heterocycles. The van der Waals surface area contributed by atoms with Crippen LogP contribution in [0.4, 0.5) is 4.79 Å². The zero-order valence-corrected chi connectivity index (χ0v) is 15.0. The Balaban J connectivity index is 1.56. The molecule has 1 aliphatic rings. The molecule has 138 valence electrons. The van der Waals surface area contributed by atoms with Crippen LogP contribution in [0.25, 0.3) is 11.4 Å². The summed E-state index contributed by atoms with van der Waals surface area (Å²) >= 11 is 0. The number of aryl methyl sites for hydroxylation is 1. The molecule has 26 heavy (non-hydrogen) atoms. The molecule has 0 N–H and O–H groups in total. The van der Waals surface area contributed by atoms with E-state index >= 15 is 0 Å². The van der Waals surface area contributed by atoms with Gasteiger partial charge in [-0.3, -0.25) is 4.79 Å². The average Bonchev–Trinajstić information content (AvgIpc) is 3.10. The molecule has 0 saturated carbocycles. The van der Waals surface area contributed by atoms with E-state index in [1.54, 1.807) is 16.7 Å². The number of nitrogens with zero attached hydrogens (tertiary/aromatic N) is 6. The molecule has 0 radical (unpaired) electrons. The Bertz CT molecular complexity index is 782. The third-order valence-corrected chi connectivity index (χ3v) is 4.27. The van der Waals surface area contributed by atoms with Crippen molar-refractivity contribution in [1.29, 1.82) is 0 Å². The first-order valence-electron chi connectivity index (χ1n) is 8.61. The molecule has 3 rings (SSSR count). The number of rotatable bonds is 4. The van der Waals surface area contributed by atoms with Gasteiger partial charge in [0, 0.05) is 31.7 Å². The van der Waals surface area contributed by atoms with Crippen molar-refractivity contribution in [2.75, 3.05) is 32.8 Å². The van der Waals surface area contributed by atoms with Crippen LogP contribution in [-0.4, -0.2) is 74.8 Å². The molecule has 0 bridgehead atoms. The second kappa shape index (κ2) is 7.94. The quantitative estimate of drug-likeness (QED) is 0.808. The van der Waals surface area contributed by atoms with E-state index in [1.165, 1.54) is 4.80 Å². The topological polar surface area (TPSA) is 93.5 Å². The van der Waals surface area contributed by atoms with Gasteiger partial charge in [-0.05, 0) is 24.6 Å². The summed E-state index contributed by atoms with van der Waals surface area (Å²) in [5.74, 6) is 0.408. The Morgan fingerprint density at radius 3 is 2.50 bits per heavy atom. The first-order valence-corrected chi connectivity index (χ1v) is 8.61. The Labute approximate surface area is 151 Å². The van der Waals surface area contributed by atoms with Crippen LogP contribution in [0.5, 0.6) is 0 Å². The summed E-state index contributed by atoms with van der Waals surface area (Å²) in [6.45, 7) is 5.98. The summed E-state index contributed by atoms with van der Waals surface area (Å²) in [6.07, 6.45) is -0.333. The van der Waals surface area contributed by atoms with Gasteiger partial charge in [0.1, 0.15) is 6.54 Å². The molecular weight excluding hydrogens is 336 g/mol. The van der Waals surface area contributed by atoms with Gasteiger partial charge in [-0.1, -0.05) is 24.3 Å². The number of amides is 2. The van der Waals surface area contributed by atoms with E-state index in [-0.39, 0.29) is 18.5 Å². The van der Waals surface area contributed by atoms with Crippen molar-refractivity contribution in [2.45, 2.75) is 20.4 Å². The Hall–Kier alpha value is -2.97. The predicted octanol–water partition coefficient (Wildman–Crippen LogP) is 0.949. The van der Waals surface area contributed by atoms with Gasteiger partial charge in [0.05, 0.1) is 6.61 Å². The molecule has 9 heteroatoms. The maximum Gasteiger partial charge on any atom is 0.409 e. The number of benzene rings is 1. The minimum absolute atomic E-state index is 0.0261. The van der Waals surface area contributed by atoms with Gasteiger partial charge in [-0.15, -0.1) is 10.2 Å². The van der Waals surface area contributed by atoms with Crippen LogP contribution in [0.3, 0.4) is 0 Å². The summed E-state index contributed by atoms with van der Waals surface area (Å²) in [5, 5.41) is 12.3. The number of carbonyl (C=O) groups excluding carboxylic acids is 2. The van der Waals surface area contributed by atoms with E-state index in [0.717, 1.165) is 11.1 Å². The number of carbonyl (C=O) groups is 2. The molecular formula is C17H22N6O3. The van der Waals surface area contributed by atoms with Gasteiger partial charge in [0.15, 0.2) is 0 Å². The summed E-state index contributed by atoms with van der Waals surface area (Å²) in [4.78, 5) is 28.8. The van der Waals surface area contributed by atoms with Gasteiger partial charge in [-0.25, -0.2) is 4.79 Å². The standard InChI is InChI=1S/C17H22N6O3/c1-3-26-17(25)22-10-8-21(9-11-22)15(24)12-23-19-16(18-20-23)14-7-5-4-6-13(14)2/h4-7H,3,8-12H2,1-2H3. The van der Waals surface area contributed by atoms with Crippen molar-refractivity contribution >= 4 is 12.0 Å². The number of tetrazole rings is 1. The van der Waals surface area contributed by atoms with Crippen molar-refractivity contribution in [3.8, 4) is 11.4 Å². The molecule has 1 fully saturated rings. The van der Waals surface area contributed by atoms with Crippen LogP contribution in [0, 0.1) is 6.92 Å². The van der Waals surface area contributed by atoms with Crippen LogP contribution in [0.1, 0.15) is 12.5 Å². The Kier molecular flexibility index (Phi) is 5.45. The van der Waals surface area contributed by atoms with E-state index in [9.17, 15) is 9.59 Å². The first kappa shape index (κ1) is 17.8. The normalized spacial score (nSPS) is 14.4. The second-order valence-corrected chi connectivity index (χ2v) is 6.03. The largest absolute Gasteiger partial charge is 0.450 e. The number of aromatic nitrogens is 4. The van der Waals surface area contributed by atoms with E-state index in [1.807, 2.05) is 31.2 Å². The lowest BCUT2D eigenvalue weighted by Crippen LogP contribution is -2.51. The summed E-state index contributed by atoms with van der Waals surface area (Å²) in [5.41, 5.74) is 1.95. The molecule has 0 spiro atoms. The van der Waals surface area contributed by atoms with Gasteiger partial charge in [-0.2, -0.15) is 4.80 Å². The van der Waals surface area contributed by atoms with E-state index < -0.39 is 0 Å². The minimum Gasteiger partial charge on any atom is -0.450 e. The molecule has 1 aliphatic heterocycles. The number of hydrogen-bond acceptors (Lipinski definition) is 6. The number of piperazine rings is 1. The van der Waals surface area contributed by atoms with Gasteiger partial charge in [0.2, 0.25) is 11.7 Å². The summed E-state index contributed by atoms with van der Waals surface area (Å²) in [6, 6.07) is 7.76. The van der Waals surface area contributed by atoms with Crippen molar-refractivity contribution < 1.29 is 14.3 Å². The van der Waals surface area contributed by atoms with Gasteiger partial charge < -0.3 is 14.5 Å². The van der Waals surface area contributed by atoms with Crippen LogP contribution in [0.15, 0.2) is 24.3 Å². The fourth-order valence-electron chi connectivity index (χ4n) is 2.82. The third kappa shape index (κ3) is 3.98. The van der Waals surface area contributed by atoms with Gasteiger partial charge >= 0.3 is 6.09 Å². The maximum absolute atomic E-state index is 12.4. The van der Waals surface area contributed by atoms with Crippen molar-refractivity contribution in [3.05, 3.63) is 29.8 Å². The van der Waals surface area contributed by atoms with Crippen molar-refractivity contribution in [2.24, 2.45) is 0 Å². The summed E-state index contributed by atoms with van der Waals surface area (Å²) < 4.78 is 4.98. The highest BCUT2D eigenvalue weighted by atomic mass is 16.6.